The van der Waals surface area contributed by atoms with Crippen LogP contribution in [-0.2, 0) is 23.4 Å². The lowest BCUT2D eigenvalue weighted by Crippen LogP contribution is -3.10. The van der Waals surface area contributed by atoms with E-state index in [9.17, 15) is 14.3 Å². The van der Waals surface area contributed by atoms with Crippen molar-refractivity contribution in [2.24, 2.45) is 5.92 Å². The van der Waals surface area contributed by atoms with Crippen LogP contribution in [0, 0.1) is 5.92 Å². The first-order valence-corrected chi connectivity index (χ1v) is 17.7. The number of unbranched alkanes of at least 4 members (excludes halogenated alkanes) is 9. The molecule has 0 saturated carbocycles. The lowest BCUT2D eigenvalue weighted by molar-refractivity contribution is -0.884. The maximum absolute atomic E-state index is 12.5. The number of hydrogen-bond acceptors (Lipinski definition) is 5. The molecular formula is C30H61NO6P+. The van der Waals surface area contributed by atoms with Gasteiger partial charge in [0.15, 0.2) is 0 Å². The Hall–Kier alpha value is -0.460. The average Bonchev–Trinajstić information content (AvgIpc) is 3.42. The molecule has 2 N–H and O–H groups in total. The largest absolute Gasteiger partial charge is 0.457 e. The Balaban J connectivity index is 2.25. The van der Waals surface area contributed by atoms with Crippen molar-refractivity contribution >= 4 is 13.6 Å². The summed E-state index contributed by atoms with van der Waals surface area (Å²) in [5.41, 5.74) is 0. The van der Waals surface area contributed by atoms with Crippen molar-refractivity contribution in [3.8, 4) is 0 Å². The molecule has 1 aliphatic heterocycles. The van der Waals surface area contributed by atoms with Crippen molar-refractivity contribution in [1.82, 2.24) is 0 Å². The highest BCUT2D eigenvalue weighted by molar-refractivity contribution is 7.52. The number of nitrogens with one attached hydrogen (secondary N) is 1. The zero-order valence-electron chi connectivity index (χ0n) is 25.1. The fraction of sp³-hybridized carbons (Fsp3) is 0.967. The summed E-state index contributed by atoms with van der Waals surface area (Å²) >= 11 is 0. The van der Waals surface area contributed by atoms with Gasteiger partial charge in [0.1, 0.15) is 6.10 Å². The van der Waals surface area contributed by atoms with E-state index in [1.54, 1.807) is 0 Å². The third-order valence-electron chi connectivity index (χ3n) is 7.79. The van der Waals surface area contributed by atoms with E-state index in [4.69, 9.17) is 14.0 Å². The molecule has 1 heterocycles. The number of quaternary nitrogens is 1. The van der Waals surface area contributed by atoms with Gasteiger partial charge in [-0.3, -0.25) is 9.36 Å². The van der Waals surface area contributed by atoms with Crippen molar-refractivity contribution in [2.75, 3.05) is 45.6 Å². The molecule has 7 nitrogen and oxygen atoms in total. The summed E-state index contributed by atoms with van der Waals surface area (Å²) in [7, 11) is -3.71. The predicted octanol–water partition coefficient (Wildman–Crippen LogP) is 6.32. The van der Waals surface area contributed by atoms with Crippen LogP contribution in [0.1, 0.15) is 130 Å². The molecule has 1 aliphatic rings. The van der Waals surface area contributed by atoms with Crippen LogP contribution in [0.3, 0.4) is 0 Å². The Bertz CT molecular complexity index is 614. The SMILES string of the molecule is CCCCCCCCCCCCC(CC)CCOCC(COP(=O)(O)CC[NH+]1CCCC1)OC(=O)CCC. The molecular weight excluding hydrogens is 501 g/mol. The fourth-order valence-corrected chi connectivity index (χ4v) is 6.32. The number of rotatable bonds is 26. The third kappa shape index (κ3) is 19.6. The minimum atomic E-state index is -3.71. The molecule has 8 heteroatoms. The van der Waals surface area contributed by atoms with Gasteiger partial charge in [-0.1, -0.05) is 97.8 Å². The van der Waals surface area contributed by atoms with Crippen LogP contribution in [0.2, 0.25) is 0 Å². The van der Waals surface area contributed by atoms with Gasteiger partial charge < -0.3 is 23.8 Å². The van der Waals surface area contributed by atoms with Gasteiger partial charge in [-0.15, -0.1) is 0 Å². The summed E-state index contributed by atoms with van der Waals surface area (Å²) < 4.78 is 29.3. The smallest absolute Gasteiger partial charge is 0.333 e. The molecule has 226 valence electrons. The van der Waals surface area contributed by atoms with Gasteiger partial charge in [0.2, 0.25) is 0 Å². The Morgan fingerprint density at radius 3 is 2.11 bits per heavy atom. The predicted molar refractivity (Wildman–Crippen MR) is 156 cm³/mol. The molecule has 0 aliphatic carbocycles. The van der Waals surface area contributed by atoms with E-state index in [0.29, 0.717) is 31.9 Å². The van der Waals surface area contributed by atoms with Gasteiger partial charge in [0.05, 0.1) is 39.0 Å². The first-order valence-electron chi connectivity index (χ1n) is 16.0. The van der Waals surface area contributed by atoms with E-state index < -0.39 is 13.7 Å². The Kier molecular flexibility index (Phi) is 21.8. The Labute approximate surface area is 234 Å². The summed E-state index contributed by atoms with van der Waals surface area (Å²) in [6, 6.07) is 0. The first-order chi connectivity index (χ1) is 18.4. The molecule has 0 radical (unpaired) electrons. The summed E-state index contributed by atoms with van der Waals surface area (Å²) in [5.74, 6) is 0.332. The summed E-state index contributed by atoms with van der Waals surface area (Å²) in [4.78, 5) is 23.7. The van der Waals surface area contributed by atoms with Crippen molar-refractivity contribution in [2.45, 2.75) is 136 Å². The van der Waals surface area contributed by atoms with E-state index in [1.165, 1.54) is 88.4 Å². The number of esters is 1. The second-order valence-electron chi connectivity index (χ2n) is 11.3. The van der Waals surface area contributed by atoms with Crippen molar-refractivity contribution in [3.05, 3.63) is 0 Å². The standard InChI is InChI=1S/C30H60NO6P/c1-4-7-8-9-10-11-12-13-14-15-19-28(6-3)20-24-35-26-29(37-30(32)18-5-2)27-36-38(33,34)25-23-31-21-16-17-22-31/h28-29H,4-27H2,1-3H3,(H,33,34)/p+1. The maximum atomic E-state index is 12.5. The third-order valence-corrected chi connectivity index (χ3v) is 9.13. The van der Waals surface area contributed by atoms with Crippen LogP contribution in [0.15, 0.2) is 0 Å². The van der Waals surface area contributed by atoms with Gasteiger partial charge in [-0.05, 0) is 18.8 Å². The Morgan fingerprint density at radius 1 is 0.868 bits per heavy atom. The zero-order chi connectivity index (χ0) is 27.9. The van der Waals surface area contributed by atoms with Crippen LogP contribution in [-0.4, -0.2) is 62.6 Å². The second-order valence-corrected chi connectivity index (χ2v) is 13.3. The van der Waals surface area contributed by atoms with Crippen molar-refractivity contribution in [1.29, 1.82) is 0 Å². The van der Waals surface area contributed by atoms with Gasteiger partial charge >= 0.3 is 13.6 Å². The lowest BCUT2D eigenvalue weighted by atomic mass is 9.95. The van der Waals surface area contributed by atoms with E-state index in [-0.39, 0.29) is 25.3 Å². The van der Waals surface area contributed by atoms with E-state index in [0.717, 1.165) is 25.9 Å². The molecule has 0 amide bonds. The van der Waals surface area contributed by atoms with Gasteiger partial charge in [-0.2, -0.15) is 0 Å². The summed E-state index contributed by atoms with van der Waals surface area (Å²) in [6.07, 6.45) is 19.8. The lowest BCUT2D eigenvalue weighted by Gasteiger charge is -2.21. The molecule has 3 unspecified atom stereocenters. The zero-order valence-corrected chi connectivity index (χ0v) is 26.0. The molecule has 0 aromatic heterocycles. The van der Waals surface area contributed by atoms with Crippen LogP contribution in [0.4, 0.5) is 0 Å². The molecule has 1 fully saturated rings. The number of carbonyl (C=O) groups is 1. The highest BCUT2D eigenvalue weighted by Crippen LogP contribution is 2.41. The maximum Gasteiger partial charge on any atom is 0.333 e. The van der Waals surface area contributed by atoms with E-state index in [1.807, 2.05) is 6.92 Å². The summed E-state index contributed by atoms with van der Waals surface area (Å²) in [6.45, 7) is 9.89. The van der Waals surface area contributed by atoms with Gasteiger partial charge in [-0.25, -0.2) is 0 Å². The van der Waals surface area contributed by atoms with Gasteiger partial charge in [0.25, 0.3) is 0 Å². The fourth-order valence-electron chi connectivity index (χ4n) is 5.19. The minimum Gasteiger partial charge on any atom is -0.457 e. The molecule has 0 aromatic carbocycles. The molecule has 3 atom stereocenters. The molecule has 38 heavy (non-hydrogen) atoms. The monoisotopic (exact) mass is 562 g/mol. The van der Waals surface area contributed by atoms with Crippen molar-refractivity contribution in [3.63, 3.8) is 0 Å². The number of ether oxygens (including phenoxy) is 2. The van der Waals surface area contributed by atoms with Crippen LogP contribution in [0.5, 0.6) is 0 Å². The topological polar surface area (TPSA) is 86.5 Å². The number of carbonyl (C=O) groups excluding carboxylic acids is 1. The highest BCUT2D eigenvalue weighted by atomic mass is 31.2. The quantitative estimate of drug-likeness (QED) is 0.0729. The van der Waals surface area contributed by atoms with Gasteiger partial charge in [0, 0.05) is 25.9 Å². The molecule has 0 aromatic rings. The highest BCUT2D eigenvalue weighted by Gasteiger charge is 2.27. The van der Waals surface area contributed by atoms with Crippen LogP contribution in [0.25, 0.3) is 0 Å². The normalized spacial score (nSPS) is 17.4. The van der Waals surface area contributed by atoms with Crippen LogP contribution >= 0.6 is 7.60 Å². The van der Waals surface area contributed by atoms with Crippen LogP contribution < -0.4 is 4.90 Å². The minimum absolute atomic E-state index is 0.103. The number of hydrogen-bond donors (Lipinski definition) is 2. The van der Waals surface area contributed by atoms with E-state index in [2.05, 4.69) is 13.8 Å². The summed E-state index contributed by atoms with van der Waals surface area (Å²) in [5, 5.41) is 0. The molecule has 1 saturated heterocycles. The average molecular weight is 563 g/mol. The second kappa shape index (κ2) is 23.3. The van der Waals surface area contributed by atoms with Crippen molar-refractivity contribution < 1.29 is 33.2 Å². The Morgan fingerprint density at radius 2 is 1.50 bits per heavy atom. The number of likely N-dealkylation sites (tertiary alicyclic amines) is 1. The van der Waals surface area contributed by atoms with E-state index >= 15 is 0 Å². The molecule has 0 spiro atoms. The first kappa shape index (κ1) is 35.6. The molecule has 1 rings (SSSR count). The molecule has 0 bridgehead atoms.